The number of carbonyl (C=O) groups is 3. The van der Waals surface area contributed by atoms with Crippen molar-refractivity contribution in [2.45, 2.75) is 116 Å². The number of imidazole rings is 1. The molecule has 1 unspecified atom stereocenters. The molecule has 4 aromatic rings. The first kappa shape index (κ1) is 48.1. The Labute approximate surface area is 361 Å². The van der Waals surface area contributed by atoms with E-state index in [1.165, 1.54) is 19.8 Å². The van der Waals surface area contributed by atoms with Gasteiger partial charge in [0, 0.05) is 17.0 Å². The summed E-state index contributed by atoms with van der Waals surface area (Å²) in [5.74, 6) is -3.10. The number of ether oxygens (including phenoxy) is 2. The van der Waals surface area contributed by atoms with Gasteiger partial charge in [0.05, 0.1) is 45.5 Å². The number of methoxy groups -OCH3 is 1. The van der Waals surface area contributed by atoms with Crippen molar-refractivity contribution >= 4 is 59.0 Å². The van der Waals surface area contributed by atoms with Crippen LogP contribution in [0.3, 0.4) is 0 Å². The number of anilines is 1. The molecule has 18 heteroatoms. The number of rotatable bonds is 16. The lowest BCUT2D eigenvalue weighted by Gasteiger charge is -2.42. The molecular formula is C43H62N5O10PSi2. The molecule has 0 saturated carbocycles. The molecule has 0 radical (unpaired) electrons. The van der Waals surface area contributed by atoms with Crippen molar-refractivity contribution in [1.29, 1.82) is 0 Å². The molecule has 1 fully saturated rings. The van der Waals surface area contributed by atoms with Gasteiger partial charge < -0.3 is 27.4 Å². The van der Waals surface area contributed by atoms with Gasteiger partial charge in [-0.25, -0.2) is 19.9 Å². The zero-order chi connectivity index (χ0) is 45.1. The first-order valence-corrected chi connectivity index (χ1v) is 28.1. The van der Waals surface area contributed by atoms with E-state index in [4.69, 9.17) is 32.4 Å². The first-order valence-electron chi connectivity index (χ1n) is 20.6. The summed E-state index contributed by atoms with van der Waals surface area (Å²) in [6, 6.07) is 16.9. The van der Waals surface area contributed by atoms with Crippen LogP contribution in [0.1, 0.15) is 82.3 Å². The largest absolute Gasteiger partial charge is 0.468 e. The zero-order valence-electron chi connectivity index (χ0n) is 37.7. The number of hydrogen-bond acceptors (Lipinski definition) is 13. The third-order valence-electron chi connectivity index (χ3n) is 12.1. The summed E-state index contributed by atoms with van der Waals surface area (Å²) in [5.41, 5.74) is -0.638. The van der Waals surface area contributed by atoms with Crippen LogP contribution in [0.25, 0.3) is 11.2 Å². The third-order valence-corrected chi connectivity index (χ3v) is 23.5. The van der Waals surface area contributed by atoms with Gasteiger partial charge >= 0.3 is 13.6 Å². The highest BCUT2D eigenvalue weighted by Gasteiger charge is 2.61. The fourth-order valence-corrected chi connectivity index (χ4v) is 11.3. The van der Waals surface area contributed by atoms with Gasteiger partial charge in [0.1, 0.15) is 6.33 Å². The van der Waals surface area contributed by atoms with Crippen LogP contribution >= 0.6 is 7.60 Å². The predicted molar refractivity (Wildman–Crippen MR) is 239 cm³/mol. The molecule has 0 bridgehead atoms. The van der Waals surface area contributed by atoms with Gasteiger partial charge in [-0.2, -0.15) is 0 Å². The van der Waals surface area contributed by atoms with Crippen LogP contribution in [0.2, 0.25) is 36.3 Å². The number of carbonyl (C=O) groups excluding carboxylic acids is 3. The lowest BCUT2D eigenvalue weighted by molar-refractivity contribution is -0.143. The number of imide groups is 1. The molecule has 15 nitrogen and oxygen atoms in total. The minimum Gasteiger partial charge on any atom is -0.468 e. The summed E-state index contributed by atoms with van der Waals surface area (Å²) in [7, 11) is -8.26. The van der Waals surface area contributed by atoms with Crippen molar-refractivity contribution in [3.05, 3.63) is 84.4 Å². The van der Waals surface area contributed by atoms with E-state index < -0.39 is 72.0 Å². The molecule has 1 aliphatic heterocycles. The van der Waals surface area contributed by atoms with E-state index in [0.717, 1.165) is 4.90 Å². The number of benzene rings is 2. The molecule has 0 spiro atoms. The summed E-state index contributed by atoms with van der Waals surface area (Å²) in [6.45, 7) is 24.4. The van der Waals surface area contributed by atoms with Crippen molar-refractivity contribution in [3.8, 4) is 0 Å². The van der Waals surface area contributed by atoms with Gasteiger partial charge in [0.2, 0.25) is 0 Å². The zero-order valence-corrected chi connectivity index (χ0v) is 40.6. The Balaban J connectivity index is 1.77. The van der Waals surface area contributed by atoms with E-state index in [1.54, 1.807) is 79.1 Å². The molecular weight excluding hydrogens is 834 g/mol. The Kier molecular flexibility index (Phi) is 14.8. The first-order chi connectivity index (χ1) is 28.5. The van der Waals surface area contributed by atoms with E-state index in [9.17, 15) is 14.4 Å². The molecule has 332 valence electrons. The Morgan fingerprint density at radius 2 is 1.34 bits per heavy atom. The second-order valence-corrected chi connectivity index (χ2v) is 29.8. The average molecular weight is 896 g/mol. The lowest BCUT2D eigenvalue weighted by atomic mass is 9.94. The number of esters is 1. The molecule has 3 heterocycles. The summed E-state index contributed by atoms with van der Waals surface area (Å²) >= 11 is 0. The second-order valence-electron chi connectivity index (χ2n) is 18.1. The Morgan fingerprint density at radius 1 is 0.820 bits per heavy atom. The van der Waals surface area contributed by atoms with Gasteiger partial charge in [0.25, 0.3) is 11.8 Å². The van der Waals surface area contributed by atoms with E-state index in [1.807, 2.05) is 0 Å². The van der Waals surface area contributed by atoms with Gasteiger partial charge in [-0.15, -0.1) is 0 Å². The normalized spacial score (nSPS) is 19.5. The van der Waals surface area contributed by atoms with E-state index in [-0.39, 0.29) is 58.0 Å². The Bertz CT molecular complexity index is 2150. The number of fused-ring (bicyclic) bond motifs is 1. The molecule has 1 aliphatic rings. The van der Waals surface area contributed by atoms with Gasteiger partial charge in [-0.1, -0.05) is 77.9 Å². The molecule has 0 aliphatic carbocycles. The van der Waals surface area contributed by atoms with Crippen molar-refractivity contribution in [2.24, 2.45) is 5.92 Å². The lowest BCUT2D eigenvalue weighted by Crippen LogP contribution is -2.51. The van der Waals surface area contributed by atoms with Gasteiger partial charge in [0.15, 0.2) is 45.5 Å². The van der Waals surface area contributed by atoms with Crippen molar-refractivity contribution < 1.29 is 46.3 Å². The standard InChI is InChI=1S/C43H62N5O10PSi2/c1-14-54-59(52,55-15-2)35(41(51)53-9)32-31(26-56-60(10,11)42(3,4)5)57-40(34(32)58-61(12,13)43(6,7)8)47-28-46-33-36(47)44-27-45-37(33)48(38(49)29-22-18-16-19-23-29)39(50)30-24-20-17-21-25-30/h16-25,27-28,31-32,34-35,40H,14-15,26H2,1-13H3/t31-,32-,34-,35?,40-/m1/s1. The predicted octanol–water partition coefficient (Wildman–Crippen LogP) is 9.05. The Hall–Kier alpha value is -3.94. The van der Waals surface area contributed by atoms with E-state index in [2.05, 4.69) is 77.7 Å². The molecule has 5 rings (SSSR count). The van der Waals surface area contributed by atoms with Crippen LogP contribution in [0.5, 0.6) is 0 Å². The quantitative estimate of drug-likeness (QED) is 0.0452. The summed E-state index contributed by atoms with van der Waals surface area (Å²) in [5, 5.41) is -0.510. The molecule has 1 saturated heterocycles. The van der Waals surface area contributed by atoms with Gasteiger partial charge in [-0.05, 0) is 74.4 Å². The minimum absolute atomic E-state index is 0.00751. The Morgan fingerprint density at radius 3 is 1.82 bits per heavy atom. The van der Waals surface area contributed by atoms with Crippen molar-refractivity contribution in [2.75, 3.05) is 31.8 Å². The molecule has 2 aromatic carbocycles. The fraction of sp³-hybridized carbons (Fsp3) is 0.535. The van der Waals surface area contributed by atoms with Gasteiger partial charge in [-0.3, -0.25) is 23.5 Å². The highest BCUT2D eigenvalue weighted by molar-refractivity contribution is 7.55. The second kappa shape index (κ2) is 18.8. The van der Waals surface area contributed by atoms with E-state index >= 15 is 4.57 Å². The number of nitrogens with zero attached hydrogens (tertiary/aromatic N) is 5. The summed E-state index contributed by atoms with van der Waals surface area (Å²) < 4.78 is 55.0. The van der Waals surface area contributed by atoms with Crippen molar-refractivity contribution in [3.63, 3.8) is 0 Å². The maximum Gasteiger partial charge on any atom is 0.345 e. The number of amides is 2. The van der Waals surface area contributed by atoms with Crippen LogP contribution in [0, 0.1) is 5.92 Å². The average Bonchev–Trinajstić information content (AvgIpc) is 3.78. The van der Waals surface area contributed by atoms with Crippen LogP contribution in [-0.4, -0.2) is 98.7 Å². The van der Waals surface area contributed by atoms with Crippen LogP contribution in [-0.2, 0) is 36.7 Å². The molecule has 0 N–H and O–H groups in total. The van der Waals surface area contributed by atoms with Crippen molar-refractivity contribution in [1.82, 2.24) is 19.5 Å². The van der Waals surface area contributed by atoms with Crippen LogP contribution in [0.4, 0.5) is 5.82 Å². The molecule has 2 amide bonds. The monoisotopic (exact) mass is 895 g/mol. The highest BCUT2D eigenvalue weighted by Crippen LogP contribution is 2.60. The fourth-order valence-electron chi connectivity index (χ4n) is 6.74. The van der Waals surface area contributed by atoms with Crippen LogP contribution in [0.15, 0.2) is 73.3 Å². The maximum atomic E-state index is 15.0. The SMILES string of the molecule is CCOP(=O)(OCC)C(C(=O)OC)[C@H]1[C@@H](O[Si](C)(C)C(C)(C)C)[C@H](n2cnc3c(N(C(=O)c4ccccc4)C(=O)c4ccccc4)ncnc32)O[C@@H]1CO[Si](C)(C)C(C)(C)C. The topological polar surface area (TPSA) is 170 Å². The highest BCUT2D eigenvalue weighted by atomic mass is 31.2. The minimum atomic E-state index is -4.28. The maximum absolute atomic E-state index is 15.0. The van der Waals surface area contributed by atoms with Crippen LogP contribution < -0.4 is 4.90 Å². The van der Waals surface area contributed by atoms with E-state index in [0.29, 0.717) is 0 Å². The summed E-state index contributed by atoms with van der Waals surface area (Å²) in [4.78, 5) is 57.7. The molecule has 2 aromatic heterocycles. The summed E-state index contributed by atoms with van der Waals surface area (Å²) in [6.07, 6.45) is -0.243. The number of hydrogen-bond donors (Lipinski definition) is 0. The number of aromatic nitrogens is 4. The molecule has 61 heavy (non-hydrogen) atoms. The smallest absolute Gasteiger partial charge is 0.345 e. The molecule has 5 atom stereocenters. The third kappa shape index (κ3) is 9.99.